The summed E-state index contributed by atoms with van der Waals surface area (Å²) in [5, 5.41) is 3.06. The van der Waals surface area contributed by atoms with Gasteiger partial charge in [0.15, 0.2) is 11.6 Å². The number of rotatable bonds is 5. The molecule has 2 fully saturated rings. The van der Waals surface area contributed by atoms with E-state index in [4.69, 9.17) is 13.9 Å². The lowest BCUT2D eigenvalue weighted by Crippen LogP contribution is -2.39. The largest absolute Gasteiger partial charge is 0.488 e. The molecule has 9 heteroatoms. The van der Waals surface area contributed by atoms with E-state index in [0.717, 1.165) is 74.5 Å². The Morgan fingerprint density at radius 1 is 1.12 bits per heavy atom. The van der Waals surface area contributed by atoms with Crippen LogP contribution < -0.4 is 15.0 Å². The minimum atomic E-state index is -0.189. The first-order chi connectivity index (χ1) is 15.7. The first kappa shape index (κ1) is 20.7. The van der Waals surface area contributed by atoms with E-state index in [1.54, 1.807) is 19.3 Å². The van der Waals surface area contributed by atoms with Crippen molar-refractivity contribution in [2.75, 3.05) is 31.2 Å². The molecular weight excluding hydrogens is 410 g/mol. The zero-order valence-electron chi connectivity index (χ0n) is 18.1. The summed E-state index contributed by atoms with van der Waals surface area (Å²) in [5.41, 5.74) is 3.02. The molecule has 2 aliphatic rings. The second kappa shape index (κ2) is 9.12. The lowest BCUT2D eigenvalue weighted by molar-refractivity contribution is 0.0890. The number of anilines is 1. The number of amides is 1. The number of oxazole rings is 1. The molecule has 1 saturated carbocycles. The number of fused-ring (bicyclic) bond motifs is 1. The fraction of sp³-hybridized carbons (Fsp3) is 0.478. The Hall–Kier alpha value is -3.20. The number of carbonyl (C=O) groups excluding carboxylic acids is 1. The van der Waals surface area contributed by atoms with E-state index in [0.29, 0.717) is 11.6 Å². The van der Waals surface area contributed by atoms with E-state index in [9.17, 15) is 4.79 Å². The molecule has 0 bridgehead atoms. The Bertz CT molecular complexity index is 1090. The van der Waals surface area contributed by atoms with E-state index < -0.39 is 0 Å². The molecule has 0 unspecified atom stereocenters. The Morgan fingerprint density at radius 3 is 2.66 bits per heavy atom. The molecule has 32 heavy (non-hydrogen) atoms. The third-order valence-corrected chi connectivity index (χ3v) is 6.05. The van der Waals surface area contributed by atoms with Crippen molar-refractivity contribution >= 4 is 22.6 Å². The van der Waals surface area contributed by atoms with Crippen molar-refractivity contribution in [3.63, 3.8) is 0 Å². The van der Waals surface area contributed by atoms with Gasteiger partial charge in [0.25, 0.3) is 5.91 Å². The predicted molar refractivity (Wildman–Crippen MR) is 118 cm³/mol. The van der Waals surface area contributed by atoms with Gasteiger partial charge in [-0.25, -0.2) is 9.97 Å². The van der Waals surface area contributed by atoms with Crippen LogP contribution in [0, 0.1) is 6.92 Å². The molecule has 0 spiro atoms. The average Bonchev–Trinajstić information content (AvgIpc) is 3.27. The maximum absolute atomic E-state index is 12.3. The minimum absolute atomic E-state index is 0.0718. The summed E-state index contributed by atoms with van der Waals surface area (Å²) < 4.78 is 17.1. The maximum atomic E-state index is 12.3. The Morgan fingerprint density at radius 2 is 1.91 bits per heavy atom. The normalized spacial score (nSPS) is 21.5. The number of benzene rings is 1. The fourth-order valence-electron chi connectivity index (χ4n) is 4.35. The van der Waals surface area contributed by atoms with Crippen molar-refractivity contribution in [3.8, 4) is 5.75 Å². The van der Waals surface area contributed by atoms with E-state index in [1.807, 2.05) is 0 Å². The van der Waals surface area contributed by atoms with E-state index in [2.05, 4.69) is 37.3 Å². The molecule has 168 valence electrons. The summed E-state index contributed by atoms with van der Waals surface area (Å²) >= 11 is 0. The number of nitrogens with zero attached hydrogens (tertiary/aromatic N) is 4. The van der Waals surface area contributed by atoms with Gasteiger partial charge in [-0.2, -0.15) is 0 Å². The number of ether oxygens (including phenoxy) is 2. The highest BCUT2D eigenvalue weighted by Crippen LogP contribution is 2.33. The number of aryl methyl sites for hydroxylation is 1. The maximum Gasteiger partial charge on any atom is 0.273 e. The van der Waals surface area contributed by atoms with Crippen LogP contribution in [0.4, 0.5) is 5.69 Å². The molecule has 1 N–H and O–H groups in total. The standard InChI is InChI=1S/C23H27N5O4/c1-15-26-20(14-31-15)23(29)27-16-2-4-18(5-3-16)32-21-13-17(28-8-10-30-11-9-28)12-19-22(21)25-7-6-24-19/h6-7,12-14,16,18H,2-5,8-11H2,1H3,(H,27,29). The summed E-state index contributed by atoms with van der Waals surface area (Å²) in [6, 6.07) is 4.25. The van der Waals surface area contributed by atoms with Gasteiger partial charge in [0, 0.05) is 50.2 Å². The SMILES string of the molecule is Cc1nc(C(=O)NC2CCC(Oc3cc(N4CCOCC4)cc4nccnc34)CC2)co1. The van der Waals surface area contributed by atoms with Gasteiger partial charge in [-0.15, -0.1) is 0 Å². The molecule has 1 amide bonds. The average molecular weight is 438 g/mol. The van der Waals surface area contributed by atoms with Gasteiger partial charge < -0.3 is 24.1 Å². The Labute approximate surface area is 186 Å². The zero-order chi connectivity index (χ0) is 21.9. The van der Waals surface area contributed by atoms with Crippen molar-refractivity contribution in [2.24, 2.45) is 0 Å². The lowest BCUT2D eigenvalue weighted by atomic mass is 9.92. The number of nitrogens with one attached hydrogen (secondary N) is 1. The summed E-state index contributed by atoms with van der Waals surface area (Å²) in [5.74, 6) is 1.07. The topological polar surface area (TPSA) is 103 Å². The highest BCUT2D eigenvalue weighted by atomic mass is 16.5. The highest BCUT2D eigenvalue weighted by Gasteiger charge is 2.26. The van der Waals surface area contributed by atoms with Crippen LogP contribution in [0.3, 0.4) is 0 Å². The predicted octanol–water partition coefficient (Wildman–Crippen LogP) is 2.88. The molecule has 5 rings (SSSR count). The van der Waals surface area contributed by atoms with Gasteiger partial charge in [-0.1, -0.05) is 0 Å². The number of morpholine rings is 1. The molecule has 0 atom stereocenters. The van der Waals surface area contributed by atoms with Crippen LogP contribution in [0.5, 0.6) is 5.75 Å². The van der Waals surface area contributed by atoms with Crippen LogP contribution in [-0.2, 0) is 4.74 Å². The Kier molecular flexibility index (Phi) is 5.89. The monoisotopic (exact) mass is 437 g/mol. The van der Waals surface area contributed by atoms with E-state index >= 15 is 0 Å². The molecule has 3 heterocycles. The number of hydrogen-bond acceptors (Lipinski definition) is 8. The molecule has 3 aromatic rings. The van der Waals surface area contributed by atoms with E-state index in [-0.39, 0.29) is 18.1 Å². The molecule has 2 aromatic heterocycles. The van der Waals surface area contributed by atoms with Crippen molar-refractivity contribution in [2.45, 2.75) is 44.8 Å². The summed E-state index contributed by atoms with van der Waals surface area (Å²) in [7, 11) is 0. The summed E-state index contributed by atoms with van der Waals surface area (Å²) in [6.45, 7) is 4.86. The van der Waals surface area contributed by atoms with Gasteiger partial charge in [0.2, 0.25) is 0 Å². The molecule has 1 saturated heterocycles. The molecule has 9 nitrogen and oxygen atoms in total. The molecular formula is C23H27N5O4. The van der Waals surface area contributed by atoms with Gasteiger partial charge in [-0.05, 0) is 31.7 Å². The summed E-state index contributed by atoms with van der Waals surface area (Å²) in [6.07, 6.45) is 8.27. The lowest BCUT2D eigenvalue weighted by Gasteiger charge is -2.31. The van der Waals surface area contributed by atoms with Crippen LogP contribution in [0.25, 0.3) is 11.0 Å². The van der Waals surface area contributed by atoms with Crippen molar-refractivity contribution in [1.82, 2.24) is 20.3 Å². The van der Waals surface area contributed by atoms with Gasteiger partial charge in [-0.3, -0.25) is 9.78 Å². The van der Waals surface area contributed by atoms with Crippen LogP contribution in [0.15, 0.2) is 35.2 Å². The second-order valence-corrected chi connectivity index (χ2v) is 8.28. The number of aromatic nitrogens is 3. The summed E-state index contributed by atoms with van der Waals surface area (Å²) in [4.78, 5) is 27.8. The molecule has 1 aliphatic heterocycles. The highest BCUT2D eigenvalue weighted by molar-refractivity contribution is 5.92. The van der Waals surface area contributed by atoms with Gasteiger partial charge in [0.1, 0.15) is 17.5 Å². The third kappa shape index (κ3) is 4.52. The second-order valence-electron chi connectivity index (χ2n) is 8.28. The van der Waals surface area contributed by atoms with Crippen LogP contribution >= 0.6 is 0 Å². The number of hydrogen-bond donors (Lipinski definition) is 1. The van der Waals surface area contributed by atoms with Crippen molar-refractivity contribution in [1.29, 1.82) is 0 Å². The number of carbonyl (C=O) groups is 1. The van der Waals surface area contributed by atoms with Gasteiger partial charge >= 0.3 is 0 Å². The zero-order valence-corrected chi connectivity index (χ0v) is 18.1. The quantitative estimate of drug-likeness (QED) is 0.650. The van der Waals surface area contributed by atoms with Crippen LogP contribution in [0.2, 0.25) is 0 Å². The minimum Gasteiger partial charge on any atom is -0.488 e. The van der Waals surface area contributed by atoms with Crippen LogP contribution in [-0.4, -0.2) is 59.3 Å². The first-order valence-corrected chi connectivity index (χ1v) is 11.1. The Balaban J connectivity index is 1.25. The molecule has 1 aliphatic carbocycles. The van der Waals surface area contributed by atoms with Crippen LogP contribution in [0.1, 0.15) is 42.1 Å². The third-order valence-electron chi connectivity index (χ3n) is 6.05. The van der Waals surface area contributed by atoms with Gasteiger partial charge in [0.05, 0.1) is 24.8 Å². The fourth-order valence-corrected chi connectivity index (χ4v) is 4.35. The molecule has 0 radical (unpaired) electrons. The smallest absolute Gasteiger partial charge is 0.273 e. The van der Waals surface area contributed by atoms with Crippen molar-refractivity contribution < 1.29 is 18.7 Å². The van der Waals surface area contributed by atoms with E-state index in [1.165, 1.54) is 6.26 Å². The molecule has 1 aromatic carbocycles. The first-order valence-electron chi connectivity index (χ1n) is 11.1. The van der Waals surface area contributed by atoms with Crippen molar-refractivity contribution in [3.05, 3.63) is 42.4 Å².